The number of aromatic nitrogens is 5. The van der Waals surface area contributed by atoms with Crippen LogP contribution in [0.4, 0.5) is 0 Å². The molecule has 0 unspecified atom stereocenters. The quantitative estimate of drug-likeness (QED) is 0.573. The molecule has 0 radical (unpaired) electrons. The Hall–Kier alpha value is -3.55. The van der Waals surface area contributed by atoms with Crippen LogP contribution in [0.1, 0.15) is 10.4 Å². The van der Waals surface area contributed by atoms with E-state index in [9.17, 15) is 9.59 Å². The van der Waals surface area contributed by atoms with Crippen LogP contribution in [0.25, 0.3) is 22.4 Å². The van der Waals surface area contributed by atoms with Crippen LogP contribution < -0.4 is 5.76 Å². The second kappa shape index (κ2) is 5.58. The van der Waals surface area contributed by atoms with Crippen LogP contribution in [0.2, 0.25) is 0 Å². The Morgan fingerprint density at radius 1 is 1.25 bits per heavy atom. The van der Waals surface area contributed by atoms with Crippen LogP contribution in [0.5, 0.6) is 0 Å². The maximum Gasteiger partial charge on any atom is 0.442 e. The van der Waals surface area contributed by atoms with Gasteiger partial charge >= 0.3 is 5.76 Å². The van der Waals surface area contributed by atoms with Gasteiger partial charge in [-0.25, -0.2) is 14.3 Å². The number of benzene rings is 1. The minimum Gasteiger partial charge on any atom is -0.360 e. The van der Waals surface area contributed by atoms with E-state index in [1.54, 1.807) is 6.20 Å². The number of para-hydroxylation sites is 1. The Labute approximate surface area is 134 Å². The van der Waals surface area contributed by atoms with Crippen molar-refractivity contribution in [2.24, 2.45) is 0 Å². The summed E-state index contributed by atoms with van der Waals surface area (Å²) in [7, 11) is 0. The average Bonchev–Trinajstić information content (AvgIpc) is 3.20. The molecule has 0 amide bonds. The van der Waals surface area contributed by atoms with E-state index < -0.39 is 5.76 Å². The van der Waals surface area contributed by atoms with Gasteiger partial charge in [0.1, 0.15) is 5.69 Å². The molecule has 0 saturated carbocycles. The molecule has 8 heteroatoms. The first-order valence-electron chi connectivity index (χ1n) is 7.16. The van der Waals surface area contributed by atoms with E-state index >= 15 is 0 Å². The molecule has 0 atom stereocenters. The SMILES string of the molecule is O=C(Cn1c(-c2cnccn2)noc1=O)c1c[nH]c2ccccc12. The lowest BCUT2D eigenvalue weighted by Crippen LogP contribution is -2.21. The molecule has 0 spiro atoms. The smallest absolute Gasteiger partial charge is 0.360 e. The zero-order valence-electron chi connectivity index (χ0n) is 12.3. The first kappa shape index (κ1) is 14.1. The Morgan fingerprint density at radius 2 is 2.12 bits per heavy atom. The number of carbonyl (C=O) groups is 1. The molecule has 4 rings (SSSR count). The fourth-order valence-electron chi connectivity index (χ4n) is 2.54. The molecule has 0 aliphatic heterocycles. The number of fused-ring (bicyclic) bond motifs is 1. The molecule has 8 nitrogen and oxygen atoms in total. The normalized spacial score (nSPS) is 11.0. The molecule has 0 aliphatic carbocycles. The van der Waals surface area contributed by atoms with Gasteiger partial charge in [-0.1, -0.05) is 23.4 Å². The van der Waals surface area contributed by atoms with Crippen molar-refractivity contribution in [3.63, 3.8) is 0 Å². The summed E-state index contributed by atoms with van der Waals surface area (Å²) in [6.07, 6.45) is 6.06. The lowest BCUT2D eigenvalue weighted by molar-refractivity contribution is 0.0971. The van der Waals surface area contributed by atoms with Crippen molar-refractivity contribution >= 4 is 16.7 Å². The molecule has 0 aliphatic rings. The molecule has 0 bridgehead atoms. The minimum atomic E-state index is -0.719. The van der Waals surface area contributed by atoms with Crippen molar-refractivity contribution < 1.29 is 9.32 Å². The predicted octanol–water partition coefficient (Wildman–Crippen LogP) is 1.66. The second-order valence-electron chi connectivity index (χ2n) is 5.12. The Bertz CT molecular complexity index is 1080. The van der Waals surface area contributed by atoms with Gasteiger partial charge in [-0.05, 0) is 6.07 Å². The number of nitrogens with zero attached hydrogens (tertiary/aromatic N) is 4. The lowest BCUT2D eigenvalue weighted by atomic mass is 10.1. The van der Waals surface area contributed by atoms with Gasteiger partial charge in [-0.3, -0.25) is 14.3 Å². The zero-order valence-corrected chi connectivity index (χ0v) is 12.3. The number of ketones is 1. The summed E-state index contributed by atoms with van der Waals surface area (Å²) in [5, 5.41) is 4.49. The van der Waals surface area contributed by atoms with Gasteiger partial charge in [0.05, 0.1) is 12.7 Å². The first-order chi connectivity index (χ1) is 11.7. The molecule has 3 aromatic heterocycles. The van der Waals surface area contributed by atoms with Gasteiger partial charge in [-0.15, -0.1) is 0 Å². The van der Waals surface area contributed by atoms with Gasteiger partial charge in [0.25, 0.3) is 0 Å². The Morgan fingerprint density at radius 3 is 2.96 bits per heavy atom. The van der Waals surface area contributed by atoms with E-state index in [1.807, 2.05) is 24.3 Å². The summed E-state index contributed by atoms with van der Waals surface area (Å²) >= 11 is 0. The molecule has 1 aromatic carbocycles. The number of Topliss-reactive ketones (excluding diaryl/α,β-unsaturated/α-hetero) is 1. The number of hydrogen-bond acceptors (Lipinski definition) is 6. The van der Waals surface area contributed by atoms with Crippen molar-refractivity contribution in [1.82, 2.24) is 24.7 Å². The van der Waals surface area contributed by atoms with Crippen LogP contribution in [0, 0.1) is 0 Å². The van der Waals surface area contributed by atoms with Crippen LogP contribution in [0.3, 0.4) is 0 Å². The van der Waals surface area contributed by atoms with Gasteiger partial charge in [0, 0.05) is 35.1 Å². The van der Waals surface area contributed by atoms with Crippen molar-refractivity contribution in [3.8, 4) is 11.5 Å². The molecule has 0 fully saturated rings. The highest BCUT2D eigenvalue weighted by Gasteiger charge is 2.19. The van der Waals surface area contributed by atoms with E-state index in [0.29, 0.717) is 11.3 Å². The second-order valence-corrected chi connectivity index (χ2v) is 5.12. The van der Waals surface area contributed by atoms with Gasteiger partial charge < -0.3 is 4.98 Å². The van der Waals surface area contributed by atoms with Crippen LogP contribution in [0.15, 0.2) is 58.4 Å². The van der Waals surface area contributed by atoms with E-state index in [2.05, 4.69) is 24.6 Å². The fraction of sp³-hybridized carbons (Fsp3) is 0.0625. The summed E-state index contributed by atoms with van der Waals surface area (Å²) in [5.74, 6) is -0.784. The molecule has 0 saturated heterocycles. The van der Waals surface area contributed by atoms with E-state index in [4.69, 9.17) is 0 Å². The molecule has 3 heterocycles. The van der Waals surface area contributed by atoms with Crippen LogP contribution >= 0.6 is 0 Å². The first-order valence-corrected chi connectivity index (χ1v) is 7.16. The molecular formula is C16H11N5O3. The van der Waals surface area contributed by atoms with Crippen molar-refractivity contribution in [2.45, 2.75) is 6.54 Å². The third-order valence-electron chi connectivity index (χ3n) is 3.67. The highest BCUT2D eigenvalue weighted by atomic mass is 16.5. The Balaban J connectivity index is 1.73. The van der Waals surface area contributed by atoms with Crippen molar-refractivity contribution in [3.05, 3.63) is 65.2 Å². The molecule has 1 N–H and O–H groups in total. The number of carbonyl (C=O) groups excluding carboxylic acids is 1. The maximum atomic E-state index is 12.6. The minimum absolute atomic E-state index is 0.168. The number of aromatic amines is 1. The van der Waals surface area contributed by atoms with Crippen molar-refractivity contribution in [1.29, 1.82) is 0 Å². The Kier molecular flexibility index (Phi) is 3.27. The summed E-state index contributed by atoms with van der Waals surface area (Å²) in [4.78, 5) is 35.6. The third-order valence-corrected chi connectivity index (χ3v) is 3.67. The highest BCUT2D eigenvalue weighted by Crippen LogP contribution is 2.19. The van der Waals surface area contributed by atoms with E-state index in [0.717, 1.165) is 15.5 Å². The summed E-state index contributed by atoms with van der Waals surface area (Å²) in [5.41, 5.74) is 1.71. The molecule has 118 valence electrons. The number of hydrogen-bond donors (Lipinski definition) is 1. The van der Waals surface area contributed by atoms with Gasteiger partial charge in [0.2, 0.25) is 5.82 Å². The van der Waals surface area contributed by atoms with Gasteiger partial charge in [0.15, 0.2) is 5.78 Å². The average molecular weight is 321 g/mol. The van der Waals surface area contributed by atoms with E-state index in [-0.39, 0.29) is 18.2 Å². The summed E-state index contributed by atoms with van der Waals surface area (Å²) < 4.78 is 5.83. The van der Waals surface area contributed by atoms with Gasteiger partial charge in [-0.2, -0.15) is 0 Å². The number of nitrogens with one attached hydrogen (secondary N) is 1. The third kappa shape index (κ3) is 2.30. The lowest BCUT2D eigenvalue weighted by Gasteiger charge is -2.03. The summed E-state index contributed by atoms with van der Waals surface area (Å²) in [6.45, 7) is -0.198. The summed E-state index contributed by atoms with van der Waals surface area (Å²) in [6, 6.07) is 7.45. The maximum absolute atomic E-state index is 12.6. The monoisotopic (exact) mass is 321 g/mol. The standard InChI is InChI=1S/C16H11N5O3/c22-14(11-7-19-12-4-2-1-3-10(11)12)9-21-15(20-24-16(21)23)13-8-17-5-6-18-13/h1-8,19H,9H2. The van der Waals surface area contributed by atoms with Crippen LogP contribution in [-0.4, -0.2) is 30.5 Å². The highest BCUT2D eigenvalue weighted by molar-refractivity contribution is 6.07. The predicted molar refractivity (Wildman–Crippen MR) is 84.4 cm³/mol. The topological polar surface area (TPSA) is 107 Å². The zero-order chi connectivity index (χ0) is 16.5. The molecular weight excluding hydrogens is 310 g/mol. The van der Waals surface area contributed by atoms with Crippen molar-refractivity contribution in [2.75, 3.05) is 0 Å². The molecule has 4 aromatic rings. The van der Waals surface area contributed by atoms with Crippen LogP contribution in [-0.2, 0) is 6.54 Å². The number of rotatable bonds is 4. The largest absolute Gasteiger partial charge is 0.442 e. The fourth-order valence-corrected chi connectivity index (χ4v) is 2.54. The number of H-pyrrole nitrogens is 1. The molecule has 24 heavy (non-hydrogen) atoms. The van der Waals surface area contributed by atoms with E-state index in [1.165, 1.54) is 18.6 Å².